The van der Waals surface area contributed by atoms with Gasteiger partial charge in [-0.15, -0.1) is 0 Å². The van der Waals surface area contributed by atoms with E-state index < -0.39 is 11.7 Å². The fourth-order valence-corrected chi connectivity index (χ4v) is 2.83. The van der Waals surface area contributed by atoms with Crippen LogP contribution in [0.5, 0.6) is 11.5 Å². The van der Waals surface area contributed by atoms with Crippen LogP contribution in [0.15, 0.2) is 54.7 Å². The molecule has 3 rings (SSSR count). The molecule has 0 amide bonds. The van der Waals surface area contributed by atoms with Crippen LogP contribution < -0.4 is 20.1 Å². The summed E-state index contributed by atoms with van der Waals surface area (Å²) in [6, 6.07) is 13.7. The molecule has 0 atom stereocenters. The van der Waals surface area contributed by atoms with Gasteiger partial charge >= 0.3 is 6.18 Å². The van der Waals surface area contributed by atoms with E-state index in [0.29, 0.717) is 30.3 Å². The second kappa shape index (κ2) is 11.4. The van der Waals surface area contributed by atoms with E-state index in [1.807, 2.05) is 6.92 Å². The fraction of sp³-hybridized carbons (Fsp3) is 0.333. The monoisotopic (exact) mass is 460 g/mol. The largest absolute Gasteiger partial charge is 0.494 e. The Morgan fingerprint density at radius 2 is 1.36 bits per heavy atom. The van der Waals surface area contributed by atoms with Gasteiger partial charge in [0.25, 0.3) is 0 Å². The van der Waals surface area contributed by atoms with Crippen LogP contribution in [0.4, 0.5) is 36.3 Å². The number of benzene rings is 2. The summed E-state index contributed by atoms with van der Waals surface area (Å²) < 4.78 is 51.7. The van der Waals surface area contributed by atoms with Crippen LogP contribution in [0.25, 0.3) is 0 Å². The summed E-state index contributed by atoms with van der Waals surface area (Å²) in [4.78, 5) is 7.91. The van der Waals surface area contributed by atoms with Crippen LogP contribution in [0.2, 0.25) is 0 Å². The number of unbranched alkanes of at least 4 members (excludes halogenated alkanes) is 1. The van der Waals surface area contributed by atoms with Crippen molar-refractivity contribution in [3.8, 4) is 11.5 Å². The van der Waals surface area contributed by atoms with Crippen molar-refractivity contribution in [3.05, 3.63) is 60.3 Å². The number of anilines is 4. The number of nitrogens with one attached hydrogen (secondary N) is 2. The molecule has 0 spiro atoms. The predicted octanol–water partition coefficient (Wildman–Crippen LogP) is 6.95. The molecule has 176 valence electrons. The van der Waals surface area contributed by atoms with Crippen molar-refractivity contribution >= 4 is 23.1 Å². The van der Waals surface area contributed by atoms with E-state index in [-0.39, 0.29) is 11.8 Å². The van der Waals surface area contributed by atoms with Crippen LogP contribution in [-0.4, -0.2) is 23.2 Å². The molecular weight excluding hydrogens is 433 g/mol. The lowest BCUT2D eigenvalue weighted by atomic mass is 10.2. The van der Waals surface area contributed by atoms with E-state index in [9.17, 15) is 13.2 Å². The third kappa shape index (κ3) is 7.27. The Hall–Kier alpha value is -3.49. The maximum atomic E-state index is 13.5. The van der Waals surface area contributed by atoms with Gasteiger partial charge in [-0.05, 0) is 61.4 Å². The minimum atomic E-state index is -4.61. The number of halogens is 3. The van der Waals surface area contributed by atoms with E-state index in [2.05, 4.69) is 27.5 Å². The first-order chi connectivity index (χ1) is 15.9. The lowest BCUT2D eigenvalue weighted by Crippen LogP contribution is -2.12. The molecule has 0 aliphatic heterocycles. The van der Waals surface area contributed by atoms with Crippen molar-refractivity contribution in [3.63, 3.8) is 0 Å². The van der Waals surface area contributed by atoms with Gasteiger partial charge in [0.1, 0.15) is 22.9 Å². The zero-order chi connectivity index (χ0) is 23.7. The molecule has 0 fully saturated rings. The molecule has 0 aliphatic rings. The lowest BCUT2D eigenvalue weighted by molar-refractivity contribution is -0.137. The van der Waals surface area contributed by atoms with E-state index >= 15 is 0 Å². The second-order valence-corrected chi connectivity index (χ2v) is 7.30. The van der Waals surface area contributed by atoms with Crippen molar-refractivity contribution < 1.29 is 22.6 Å². The van der Waals surface area contributed by atoms with Gasteiger partial charge in [-0.3, -0.25) is 0 Å². The summed E-state index contributed by atoms with van der Waals surface area (Å²) in [5.41, 5.74) is 0.114. The predicted molar refractivity (Wildman–Crippen MR) is 123 cm³/mol. The van der Waals surface area contributed by atoms with Gasteiger partial charge in [0.2, 0.25) is 5.95 Å². The van der Waals surface area contributed by atoms with Gasteiger partial charge in [0.05, 0.1) is 13.2 Å². The smallest absolute Gasteiger partial charge is 0.421 e. The van der Waals surface area contributed by atoms with E-state index in [1.54, 1.807) is 48.5 Å². The molecule has 0 unspecified atom stereocenters. The molecular formula is C24H27F3N4O2. The first-order valence-electron chi connectivity index (χ1n) is 10.8. The van der Waals surface area contributed by atoms with Crippen molar-refractivity contribution in [1.29, 1.82) is 0 Å². The molecule has 2 N–H and O–H groups in total. The van der Waals surface area contributed by atoms with Crippen molar-refractivity contribution in [1.82, 2.24) is 9.97 Å². The standard InChI is InChI=1S/C24H27F3N4O2/c1-3-5-15-33-20-12-8-18(9-13-20)30-23-28-16-21(24(25,26)27)22(31-23)29-17-6-10-19(11-7-17)32-14-4-2/h6-13,16H,3-5,14-15H2,1-2H3,(H2,28,29,30,31). The fourth-order valence-electron chi connectivity index (χ4n) is 2.83. The zero-order valence-corrected chi connectivity index (χ0v) is 18.6. The van der Waals surface area contributed by atoms with Gasteiger partial charge in [0.15, 0.2) is 0 Å². The Labute approximate surface area is 191 Å². The summed E-state index contributed by atoms with van der Waals surface area (Å²) in [5, 5.41) is 5.67. The highest BCUT2D eigenvalue weighted by Crippen LogP contribution is 2.35. The second-order valence-electron chi connectivity index (χ2n) is 7.30. The van der Waals surface area contributed by atoms with E-state index in [1.165, 1.54) is 0 Å². The molecule has 0 aliphatic carbocycles. The van der Waals surface area contributed by atoms with Crippen LogP contribution >= 0.6 is 0 Å². The molecule has 1 aromatic heterocycles. The Morgan fingerprint density at radius 3 is 1.91 bits per heavy atom. The average molecular weight is 461 g/mol. The number of hydrogen-bond donors (Lipinski definition) is 2. The first-order valence-corrected chi connectivity index (χ1v) is 10.8. The van der Waals surface area contributed by atoms with Crippen molar-refractivity contribution in [2.24, 2.45) is 0 Å². The van der Waals surface area contributed by atoms with Gasteiger partial charge in [-0.2, -0.15) is 18.2 Å². The van der Waals surface area contributed by atoms with Crippen LogP contribution in [0, 0.1) is 0 Å². The molecule has 0 bridgehead atoms. The Kier molecular flexibility index (Phi) is 8.34. The zero-order valence-electron chi connectivity index (χ0n) is 18.6. The normalized spacial score (nSPS) is 11.2. The van der Waals surface area contributed by atoms with E-state index in [0.717, 1.165) is 31.2 Å². The first kappa shape index (κ1) is 24.2. The third-order valence-electron chi connectivity index (χ3n) is 4.56. The van der Waals surface area contributed by atoms with Crippen molar-refractivity contribution in [2.45, 2.75) is 39.3 Å². The Bertz CT molecular complexity index is 1010. The number of rotatable bonds is 11. The van der Waals surface area contributed by atoms with Gasteiger partial charge in [0, 0.05) is 17.6 Å². The average Bonchev–Trinajstić information content (AvgIpc) is 2.79. The number of aromatic nitrogens is 2. The number of nitrogens with zero attached hydrogens (tertiary/aromatic N) is 2. The third-order valence-corrected chi connectivity index (χ3v) is 4.56. The van der Waals surface area contributed by atoms with Crippen molar-refractivity contribution in [2.75, 3.05) is 23.8 Å². The maximum Gasteiger partial charge on any atom is 0.421 e. The quantitative estimate of drug-likeness (QED) is 0.302. The van der Waals surface area contributed by atoms with Gasteiger partial charge in [-0.1, -0.05) is 20.3 Å². The molecule has 3 aromatic rings. The van der Waals surface area contributed by atoms with Gasteiger partial charge in [-0.25, -0.2) is 4.98 Å². The molecule has 0 saturated heterocycles. The summed E-state index contributed by atoms with van der Waals surface area (Å²) in [6.45, 7) is 5.27. The number of alkyl halides is 3. The SMILES string of the molecule is CCCCOc1ccc(Nc2ncc(C(F)(F)F)c(Nc3ccc(OCCC)cc3)n2)cc1. The molecule has 2 aromatic carbocycles. The maximum absolute atomic E-state index is 13.5. The molecule has 6 nitrogen and oxygen atoms in total. The highest BCUT2D eigenvalue weighted by atomic mass is 19.4. The number of ether oxygens (including phenoxy) is 2. The molecule has 1 heterocycles. The summed E-state index contributed by atoms with van der Waals surface area (Å²) >= 11 is 0. The van der Waals surface area contributed by atoms with Crippen LogP contribution in [0.1, 0.15) is 38.7 Å². The van der Waals surface area contributed by atoms with Crippen LogP contribution in [0.3, 0.4) is 0 Å². The summed E-state index contributed by atoms with van der Waals surface area (Å²) in [5.74, 6) is 1.05. The minimum absolute atomic E-state index is 0.0352. The van der Waals surface area contributed by atoms with Gasteiger partial charge < -0.3 is 20.1 Å². The highest BCUT2D eigenvalue weighted by Gasteiger charge is 2.35. The highest BCUT2D eigenvalue weighted by molar-refractivity contribution is 5.63. The minimum Gasteiger partial charge on any atom is -0.494 e. The van der Waals surface area contributed by atoms with Crippen LogP contribution in [-0.2, 0) is 6.18 Å². The van der Waals surface area contributed by atoms with E-state index in [4.69, 9.17) is 9.47 Å². The Morgan fingerprint density at radius 1 is 0.788 bits per heavy atom. The summed E-state index contributed by atoms with van der Waals surface area (Å²) in [6.07, 6.45) is -0.983. The molecule has 9 heteroatoms. The summed E-state index contributed by atoms with van der Waals surface area (Å²) in [7, 11) is 0. The Balaban J connectivity index is 1.76. The molecule has 33 heavy (non-hydrogen) atoms. The lowest BCUT2D eigenvalue weighted by Gasteiger charge is -2.15. The topological polar surface area (TPSA) is 68.3 Å². The number of hydrogen-bond acceptors (Lipinski definition) is 6. The molecule has 0 radical (unpaired) electrons. The molecule has 0 saturated carbocycles.